The van der Waals surface area contributed by atoms with E-state index in [4.69, 9.17) is 4.42 Å². The van der Waals surface area contributed by atoms with Gasteiger partial charge in [-0.3, -0.25) is 9.69 Å². The smallest absolute Gasteiger partial charge is 0.273 e. The summed E-state index contributed by atoms with van der Waals surface area (Å²) in [5, 5.41) is 2.95. The predicted octanol–water partition coefficient (Wildman–Crippen LogP) is 5.11. The third-order valence-corrected chi connectivity index (χ3v) is 5.28. The van der Waals surface area contributed by atoms with E-state index in [1.165, 1.54) is 18.4 Å². The average Bonchev–Trinajstić information content (AvgIpc) is 3.23. The predicted molar refractivity (Wildman–Crippen MR) is 114 cm³/mol. The summed E-state index contributed by atoms with van der Waals surface area (Å²) in [6.45, 7) is 7.28. The van der Waals surface area contributed by atoms with Crippen molar-refractivity contribution in [3.63, 3.8) is 0 Å². The molecule has 2 atom stereocenters. The number of rotatable bonds is 9. The van der Waals surface area contributed by atoms with E-state index in [0.29, 0.717) is 19.0 Å². The number of hydrogen-bond donors (Lipinski definition) is 1. The van der Waals surface area contributed by atoms with Crippen molar-refractivity contribution in [2.24, 2.45) is 0 Å². The van der Waals surface area contributed by atoms with Gasteiger partial charge in [0, 0.05) is 12.6 Å². The van der Waals surface area contributed by atoms with Crippen molar-refractivity contribution in [2.75, 3.05) is 0 Å². The van der Waals surface area contributed by atoms with Gasteiger partial charge in [-0.05, 0) is 43.5 Å². The highest BCUT2D eigenvalue weighted by atomic mass is 19.1. The fourth-order valence-electron chi connectivity index (χ4n) is 3.21. The molecule has 0 saturated heterocycles. The van der Waals surface area contributed by atoms with Gasteiger partial charge in [0.25, 0.3) is 5.91 Å². The molecule has 0 spiro atoms. The number of nitrogens with one attached hydrogen (secondary N) is 1. The Kier molecular flexibility index (Phi) is 7.36. The van der Waals surface area contributed by atoms with E-state index >= 15 is 0 Å². The monoisotopic (exact) mass is 409 g/mol. The Morgan fingerprint density at radius 2 is 1.80 bits per heavy atom. The van der Waals surface area contributed by atoms with E-state index < -0.39 is 0 Å². The van der Waals surface area contributed by atoms with E-state index in [1.807, 2.05) is 37.3 Å². The number of hydrogen-bond acceptors (Lipinski definition) is 4. The third kappa shape index (κ3) is 5.76. The first-order valence-electron chi connectivity index (χ1n) is 10.2. The Hall–Kier alpha value is -2.99. The summed E-state index contributed by atoms with van der Waals surface area (Å²) >= 11 is 0. The van der Waals surface area contributed by atoms with Crippen molar-refractivity contribution in [3.8, 4) is 0 Å². The van der Waals surface area contributed by atoms with Crippen LogP contribution >= 0.6 is 0 Å². The molecule has 1 N–H and O–H groups in total. The largest absolute Gasteiger partial charge is 0.447 e. The second-order valence-corrected chi connectivity index (χ2v) is 7.52. The highest BCUT2D eigenvalue weighted by Gasteiger charge is 2.19. The molecule has 1 aromatic heterocycles. The molecular weight excluding hydrogens is 381 g/mol. The van der Waals surface area contributed by atoms with E-state index in [-0.39, 0.29) is 29.5 Å². The van der Waals surface area contributed by atoms with Gasteiger partial charge in [0.15, 0.2) is 5.69 Å². The molecule has 5 nitrogen and oxygen atoms in total. The fraction of sp³-hybridized carbons (Fsp3) is 0.333. The molecule has 1 heterocycles. The maximum absolute atomic E-state index is 13.2. The number of halogens is 1. The molecule has 0 aliphatic carbocycles. The van der Waals surface area contributed by atoms with Gasteiger partial charge in [-0.1, -0.05) is 49.4 Å². The van der Waals surface area contributed by atoms with Crippen LogP contribution in [0.2, 0.25) is 0 Å². The summed E-state index contributed by atoms with van der Waals surface area (Å²) in [6, 6.07) is 16.4. The average molecular weight is 410 g/mol. The molecule has 3 rings (SSSR count). The molecule has 0 saturated carbocycles. The minimum atomic E-state index is -0.269. The zero-order valence-corrected chi connectivity index (χ0v) is 17.6. The molecule has 0 aliphatic heterocycles. The van der Waals surface area contributed by atoms with Crippen LogP contribution < -0.4 is 5.32 Å². The van der Waals surface area contributed by atoms with Gasteiger partial charge in [-0.25, -0.2) is 9.37 Å². The first-order valence-corrected chi connectivity index (χ1v) is 10.2. The van der Waals surface area contributed by atoms with E-state index in [9.17, 15) is 9.18 Å². The first-order chi connectivity index (χ1) is 14.5. The fourth-order valence-corrected chi connectivity index (χ4v) is 3.21. The molecule has 0 aliphatic rings. The Morgan fingerprint density at radius 3 is 2.47 bits per heavy atom. The Labute approximate surface area is 176 Å². The second kappa shape index (κ2) is 10.2. The minimum Gasteiger partial charge on any atom is -0.447 e. The number of benzene rings is 2. The van der Waals surface area contributed by atoms with Gasteiger partial charge < -0.3 is 9.73 Å². The SMILES string of the molecule is CCC(C)N(Cc1ccc(F)cc1)Cc1nc(C(=O)NC(C)c2ccccc2)co1. The highest BCUT2D eigenvalue weighted by molar-refractivity contribution is 5.92. The minimum absolute atomic E-state index is 0.131. The Morgan fingerprint density at radius 1 is 1.10 bits per heavy atom. The van der Waals surface area contributed by atoms with Crippen molar-refractivity contribution in [1.29, 1.82) is 0 Å². The summed E-state index contributed by atoms with van der Waals surface area (Å²) < 4.78 is 18.8. The number of aromatic nitrogens is 1. The lowest BCUT2D eigenvalue weighted by Gasteiger charge is -2.27. The van der Waals surface area contributed by atoms with Gasteiger partial charge in [0.1, 0.15) is 12.1 Å². The lowest BCUT2D eigenvalue weighted by atomic mass is 10.1. The molecule has 158 valence electrons. The van der Waals surface area contributed by atoms with Gasteiger partial charge in [-0.15, -0.1) is 0 Å². The van der Waals surface area contributed by atoms with E-state index in [0.717, 1.165) is 17.5 Å². The molecule has 0 bridgehead atoms. The molecule has 6 heteroatoms. The van der Waals surface area contributed by atoms with Crippen molar-refractivity contribution < 1.29 is 13.6 Å². The van der Waals surface area contributed by atoms with Crippen LogP contribution in [0.1, 0.15) is 60.7 Å². The van der Waals surface area contributed by atoms with Crippen molar-refractivity contribution in [2.45, 2.75) is 52.4 Å². The molecule has 0 fully saturated rings. The standard InChI is InChI=1S/C24H28FN3O2/c1-4-17(2)28(14-19-10-12-21(25)13-11-19)15-23-27-22(16-30-23)24(29)26-18(3)20-8-6-5-7-9-20/h5-13,16-18H,4,14-15H2,1-3H3,(H,26,29). The van der Waals surface area contributed by atoms with Gasteiger partial charge in [0.2, 0.25) is 5.89 Å². The van der Waals surface area contributed by atoms with Crippen LogP contribution in [0.15, 0.2) is 65.3 Å². The topological polar surface area (TPSA) is 58.4 Å². The van der Waals surface area contributed by atoms with E-state index in [1.54, 1.807) is 12.1 Å². The zero-order chi connectivity index (χ0) is 21.5. The van der Waals surface area contributed by atoms with Crippen LogP contribution in [0, 0.1) is 5.82 Å². The number of amides is 1. The molecule has 3 aromatic rings. The van der Waals surface area contributed by atoms with Crippen LogP contribution in [0.5, 0.6) is 0 Å². The lowest BCUT2D eigenvalue weighted by Crippen LogP contribution is -2.32. The highest BCUT2D eigenvalue weighted by Crippen LogP contribution is 2.17. The summed E-state index contributed by atoms with van der Waals surface area (Å²) in [5.74, 6) is -0.0353. The van der Waals surface area contributed by atoms with Gasteiger partial charge in [-0.2, -0.15) is 0 Å². The normalized spacial score (nSPS) is 13.2. The number of carbonyl (C=O) groups is 1. The molecular formula is C24H28FN3O2. The van der Waals surface area contributed by atoms with Crippen LogP contribution in [-0.2, 0) is 13.1 Å². The van der Waals surface area contributed by atoms with Crippen LogP contribution in [0.25, 0.3) is 0 Å². The molecule has 1 amide bonds. The Balaban J connectivity index is 1.65. The van der Waals surface area contributed by atoms with Crippen molar-refractivity contribution >= 4 is 5.91 Å². The number of carbonyl (C=O) groups excluding carboxylic acids is 1. The molecule has 0 radical (unpaired) electrons. The van der Waals surface area contributed by atoms with Gasteiger partial charge in [0.05, 0.1) is 12.6 Å². The van der Waals surface area contributed by atoms with Crippen molar-refractivity contribution in [1.82, 2.24) is 15.2 Å². The van der Waals surface area contributed by atoms with Crippen LogP contribution in [-0.4, -0.2) is 21.8 Å². The van der Waals surface area contributed by atoms with Crippen LogP contribution in [0.3, 0.4) is 0 Å². The maximum atomic E-state index is 13.2. The number of nitrogens with zero attached hydrogens (tertiary/aromatic N) is 2. The Bertz CT molecular complexity index is 941. The molecule has 2 unspecified atom stereocenters. The summed E-state index contributed by atoms with van der Waals surface area (Å²) in [6.07, 6.45) is 2.35. The third-order valence-electron chi connectivity index (χ3n) is 5.28. The summed E-state index contributed by atoms with van der Waals surface area (Å²) in [5.41, 5.74) is 2.30. The van der Waals surface area contributed by atoms with Gasteiger partial charge >= 0.3 is 0 Å². The maximum Gasteiger partial charge on any atom is 0.273 e. The van der Waals surface area contributed by atoms with Crippen molar-refractivity contribution in [3.05, 3.63) is 89.4 Å². The summed E-state index contributed by atoms with van der Waals surface area (Å²) in [4.78, 5) is 19.1. The zero-order valence-electron chi connectivity index (χ0n) is 17.6. The molecule has 2 aromatic carbocycles. The first kappa shape index (κ1) is 21.7. The molecule has 30 heavy (non-hydrogen) atoms. The summed E-state index contributed by atoms with van der Waals surface area (Å²) in [7, 11) is 0. The van der Waals surface area contributed by atoms with Crippen LogP contribution in [0.4, 0.5) is 4.39 Å². The lowest BCUT2D eigenvalue weighted by molar-refractivity contribution is 0.0934. The number of oxazole rings is 1. The van der Waals surface area contributed by atoms with E-state index in [2.05, 4.69) is 29.0 Å². The second-order valence-electron chi connectivity index (χ2n) is 7.52. The quantitative estimate of drug-likeness (QED) is 0.534.